The van der Waals surface area contributed by atoms with E-state index in [-0.39, 0.29) is 12.5 Å². The Morgan fingerprint density at radius 3 is 2.71 bits per heavy atom. The molecule has 5 heteroatoms. The van der Waals surface area contributed by atoms with E-state index in [4.69, 9.17) is 4.74 Å². The van der Waals surface area contributed by atoms with Gasteiger partial charge >= 0.3 is 6.18 Å². The third kappa shape index (κ3) is 3.68. The minimum Gasteiger partial charge on any atom is -0.493 e. The highest BCUT2D eigenvalue weighted by Crippen LogP contribution is 2.50. The fourth-order valence-electron chi connectivity index (χ4n) is 4.70. The smallest absolute Gasteiger partial charge is 0.398 e. The molecule has 2 aliphatic carbocycles. The van der Waals surface area contributed by atoms with Crippen LogP contribution in [-0.4, -0.2) is 19.3 Å². The highest BCUT2D eigenvalue weighted by molar-refractivity contribution is 5.57. The molecule has 1 heterocycles. The zero-order valence-corrected chi connectivity index (χ0v) is 16.3. The van der Waals surface area contributed by atoms with E-state index in [1.807, 2.05) is 24.3 Å². The predicted octanol–water partition coefficient (Wildman–Crippen LogP) is 6.29. The molecule has 1 N–H and O–H groups in total. The lowest BCUT2D eigenvalue weighted by atomic mass is 9.69. The van der Waals surface area contributed by atoms with Crippen LogP contribution in [0, 0.1) is 17.3 Å². The Morgan fingerprint density at radius 2 is 1.96 bits per heavy atom. The van der Waals surface area contributed by atoms with Gasteiger partial charge in [0.2, 0.25) is 0 Å². The molecule has 0 bridgehead atoms. The van der Waals surface area contributed by atoms with Crippen molar-refractivity contribution < 1.29 is 17.9 Å². The minimum absolute atomic E-state index is 0.0210. The summed E-state index contributed by atoms with van der Waals surface area (Å²) in [4.78, 5) is 0. The fourth-order valence-corrected chi connectivity index (χ4v) is 4.70. The summed E-state index contributed by atoms with van der Waals surface area (Å²) in [7, 11) is 0. The molecule has 2 atom stereocenters. The second kappa shape index (κ2) is 7.49. The Hall–Kier alpha value is -1.91. The van der Waals surface area contributed by atoms with Crippen molar-refractivity contribution in [3.05, 3.63) is 47.6 Å². The highest BCUT2D eigenvalue weighted by Gasteiger charge is 2.55. The van der Waals surface area contributed by atoms with Gasteiger partial charge in [-0.3, -0.25) is 0 Å². The minimum atomic E-state index is -4.31. The Bertz CT molecular complexity index is 777. The number of nitrogens with one attached hydrogen (secondary N) is 1. The number of hydrogen-bond acceptors (Lipinski definition) is 2. The number of ether oxygens (including phenoxy) is 1. The van der Waals surface area contributed by atoms with Crippen LogP contribution in [0.3, 0.4) is 0 Å². The number of anilines is 1. The molecule has 1 fully saturated rings. The molecule has 0 saturated heterocycles. The molecule has 1 aromatic carbocycles. The van der Waals surface area contributed by atoms with E-state index in [0.717, 1.165) is 55.5 Å². The van der Waals surface area contributed by atoms with Crippen molar-refractivity contribution in [1.82, 2.24) is 0 Å². The van der Waals surface area contributed by atoms with Gasteiger partial charge in [0.25, 0.3) is 0 Å². The van der Waals surface area contributed by atoms with Gasteiger partial charge in [-0.1, -0.05) is 37.5 Å². The van der Waals surface area contributed by atoms with Gasteiger partial charge in [0.1, 0.15) is 5.75 Å². The van der Waals surface area contributed by atoms with Gasteiger partial charge in [-0.2, -0.15) is 13.2 Å². The monoisotopic (exact) mass is 391 g/mol. The number of benzene rings is 1. The molecule has 1 aliphatic heterocycles. The van der Waals surface area contributed by atoms with Crippen molar-refractivity contribution in [2.45, 2.75) is 51.6 Å². The molecular formula is C23H28F3NO. The molecule has 0 amide bonds. The molecule has 2 unspecified atom stereocenters. The lowest BCUT2D eigenvalue weighted by molar-refractivity contribution is -0.215. The van der Waals surface area contributed by atoms with E-state index in [1.165, 1.54) is 19.4 Å². The predicted molar refractivity (Wildman–Crippen MR) is 106 cm³/mol. The summed E-state index contributed by atoms with van der Waals surface area (Å²) in [5, 5.41) is 3.28. The van der Waals surface area contributed by atoms with Crippen LogP contribution in [0.2, 0.25) is 0 Å². The first kappa shape index (κ1) is 19.4. The molecular weight excluding hydrogens is 363 g/mol. The van der Waals surface area contributed by atoms with E-state index in [0.29, 0.717) is 5.75 Å². The van der Waals surface area contributed by atoms with E-state index in [2.05, 4.69) is 5.32 Å². The van der Waals surface area contributed by atoms with E-state index < -0.39 is 17.5 Å². The Kier molecular flexibility index (Phi) is 5.19. The molecule has 1 saturated carbocycles. The first-order valence-corrected chi connectivity index (χ1v) is 10.3. The summed E-state index contributed by atoms with van der Waals surface area (Å²) in [6.07, 6.45) is 7.15. The lowest BCUT2D eigenvalue weighted by Crippen LogP contribution is -2.43. The van der Waals surface area contributed by atoms with Gasteiger partial charge < -0.3 is 10.1 Å². The van der Waals surface area contributed by atoms with E-state index in [1.54, 1.807) is 6.08 Å². The molecule has 2 nitrogen and oxygen atoms in total. The van der Waals surface area contributed by atoms with Gasteiger partial charge in [0, 0.05) is 18.2 Å². The first-order chi connectivity index (χ1) is 13.4. The quantitative estimate of drug-likeness (QED) is 0.651. The van der Waals surface area contributed by atoms with Gasteiger partial charge in [0.05, 0.1) is 12.0 Å². The summed E-state index contributed by atoms with van der Waals surface area (Å²) in [5.74, 6) is 0.173. The van der Waals surface area contributed by atoms with Gasteiger partial charge in [-0.05, 0) is 61.4 Å². The maximum absolute atomic E-state index is 14.1. The van der Waals surface area contributed by atoms with Crippen LogP contribution in [0.1, 0.15) is 44.6 Å². The Morgan fingerprint density at radius 1 is 1.18 bits per heavy atom. The summed E-state index contributed by atoms with van der Waals surface area (Å²) in [5.41, 5.74) is 1.21. The third-order valence-corrected chi connectivity index (χ3v) is 6.66. The van der Waals surface area contributed by atoms with Crippen LogP contribution >= 0.6 is 0 Å². The third-order valence-electron chi connectivity index (χ3n) is 6.66. The number of allylic oxidation sites excluding steroid dienone is 3. The average molecular weight is 391 g/mol. The Balaban J connectivity index is 1.51. The summed E-state index contributed by atoms with van der Waals surface area (Å²) in [6.45, 7) is 2.23. The molecule has 152 valence electrons. The molecule has 0 spiro atoms. The van der Waals surface area contributed by atoms with Crippen LogP contribution in [0.15, 0.2) is 42.0 Å². The SMILES string of the molecule is CC1(C(F)(F)F)C=C(C2CCCCC2)C=CC1COc1ccc2c(c1)CCN2. The topological polar surface area (TPSA) is 21.3 Å². The number of halogens is 3. The second-order valence-electron chi connectivity index (χ2n) is 8.53. The van der Waals surface area contributed by atoms with Crippen molar-refractivity contribution in [3.63, 3.8) is 0 Å². The molecule has 3 aliphatic rings. The van der Waals surface area contributed by atoms with Crippen molar-refractivity contribution in [3.8, 4) is 5.75 Å². The summed E-state index contributed by atoms with van der Waals surface area (Å²) < 4.78 is 48.1. The summed E-state index contributed by atoms with van der Waals surface area (Å²) in [6, 6.07) is 5.71. The molecule has 28 heavy (non-hydrogen) atoms. The van der Waals surface area contributed by atoms with Crippen LogP contribution < -0.4 is 10.1 Å². The van der Waals surface area contributed by atoms with E-state index in [9.17, 15) is 13.2 Å². The lowest BCUT2D eigenvalue weighted by Gasteiger charge is -2.39. The number of rotatable bonds is 4. The normalized spacial score (nSPS) is 27.9. The van der Waals surface area contributed by atoms with Gasteiger partial charge in [-0.15, -0.1) is 0 Å². The van der Waals surface area contributed by atoms with Crippen LogP contribution in [0.4, 0.5) is 18.9 Å². The Labute approximate surface area is 164 Å². The largest absolute Gasteiger partial charge is 0.493 e. The molecule has 0 aromatic heterocycles. The van der Waals surface area contributed by atoms with Crippen molar-refractivity contribution in [1.29, 1.82) is 0 Å². The molecule has 0 radical (unpaired) electrons. The number of alkyl halides is 3. The van der Waals surface area contributed by atoms with Gasteiger partial charge in [0.15, 0.2) is 0 Å². The van der Waals surface area contributed by atoms with Crippen LogP contribution in [-0.2, 0) is 6.42 Å². The van der Waals surface area contributed by atoms with Crippen molar-refractivity contribution in [2.24, 2.45) is 17.3 Å². The number of fused-ring (bicyclic) bond motifs is 1. The first-order valence-electron chi connectivity index (χ1n) is 10.3. The van der Waals surface area contributed by atoms with Crippen LogP contribution in [0.5, 0.6) is 5.75 Å². The maximum Gasteiger partial charge on any atom is 0.398 e. The van der Waals surface area contributed by atoms with Crippen molar-refractivity contribution in [2.75, 3.05) is 18.5 Å². The molecule has 1 aromatic rings. The standard InChI is InChI=1S/C23H28F3NO/c1-22(23(24,25)26)14-18(16-5-3-2-4-6-16)7-8-19(22)15-28-20-9-10-21-17(13-20)11-12-27-21/h7-10,13-14,16,19,27H,2-6,11-12,15H2,1H3. The zero-order valence-electron chi connectivity index (χ0n) is 16.3. The van der Waals surface area contributed by atoms with Crippen molar-refractivity contribution >= 4 is 5.69 Å². The van der Waals surface area contributed by atoms with E-state index >= 15 is 0 Å². The fraction of sp³-hybridized carbons (Fsp3) is 0.565. The summed E-state index contributed by atoms with van der Waals surface area (Å²) >= 11 is 0. The zero-order chi connectivity index (χ0) is 19.8. The molecule has 4 rings (SSSR count). The highest BCUT2D eigenvalue weighted by atomic mass is 19.4. The maximum atomic E-state index is 14.1. The van der Waals surface area contributed by atoms with Gasteiger partial charge in [-0.25, -0.2) is 0 Å². The average Bonchev–Trinajstić information content (AvgIpc) is 3.14. The van der Waals surface area contributed by atoms with Crippen LogP contribution in [0.25, 0.3) is 0 Å². The second-order valence-corrected chi connectivity index (χ2v) is 8.53. The number of hydrogen-bond donors (Lipinski definition) is 1.